The molecule has 1 atom stereocenters. The number of aliphatic hydroxyl groups excluding tert-OH is 1. The molecule has 8 heteroatoms. The highest BCUT2D eigenvalue weighted by Crippen LogP contribution is 2.36. The number of benzene rings is 1. The van der Waals surface area contributed by atoms with Crippen LogP contribution >= 0.6 is 11.3 Å². The number of methoxy groups -OCH3 is 1. The summed E-state index contributed by atoms with van der Waals surface area (Å²) in [6, 6.07) is 8.09. The summed E-state index contributed by atoms with van der Waals surface area (Å²) in [4.78, 5) is 23.6. The zero-order valence-electron chi connectivity index (χ0n) is 18.1. The average molecular weight is 444 g/mol. The maximum Gasteiger partial charge on any atom is 0.260 e. The summed E-state index contributed by atoms with van der Waals surface area (Å²) in [6.45, 7) is 5.20. The zero-order valence-corrected chi connectivity index (χ0v) is 18.9. The van der Waals surface area contributed by atoms with Gasteiger partial charge < -0.3 is 19.6 Å². The van der Waals surface area contributed by atoms with Gasteiger partial charge in [-0.05, 0) is 32.8 Å². The van der Waals surface area contributed by atoms with Gasteiger partial charge in [0.05, 0.1) is 37.9 Å². The first kappa shape index (κ1) is 22.0. The molecule has 1 fully saturated rings. The molecule has 1 aliphatic carbocycles. The first-order chi connectivity index (χ1) is 15.0. The molecule has 4 rings (SSSR count). The number of aromatic nitrogens is 2. The van der Waals surface area contributed by atoms with E-state index in [0.717, 1.165) is 29.7 Å². The molecular weight excluding hydrogens is 414 g/mol. The van der Waals surface area contributed by atoms with Gasteiger partial charge in [-0.2, -0.15) is 0 Å². The van der Waals surface area contributed by atoms with Crippen LogP contribution in [0.2, 0.25) is 0 Å². The summed E-state index contributed by atoms with van der Waals surface area (Å²) in [6.07, 6.45) is 1.71. The number of rotatable bonds is 10. The van der Waals surface area contributed by atoms with Crippen molar-refractivity contribution in [2.75, 3.05) is 20.3 Å². The van der Waals surface area contributed by atoms with Crippen LogP contribution in [0.5, 0.6) is 5.75 Å². The second kappa shape index (κ2) is 9.48. The van der Waals surface area contributed by atoms with E-state index < -0.39 is 6.10 Å². The van der Waals surface area contributed by atoms with Crippen LogP contribution < -0.4 is 10.3 Å². The van der Waals surface area contributed by atoms with E-state index in [1.807, 2.05) is 43.5 Å². The summed E-state index contributed by atoms with van der Waals surface area (Å²) >= 11 is 1.46. The highest BCUT2D eigenvalue weighted by Gasteiger charge is 2.31. The zero-order chi connectivity index (χ0) is 22.0. The monoisotopic (exact) mass is 443 g/mol. The lowest BCUT2D eigenvalue weighted by Crippen LogP contribution is -2.37. The quantitative estimate of drug-likeness (QED) is 0.499. The maximum atomic E-state index is 13.0. The lowest BCUT2D eigenvalue weighted by Gasteiger charge is -2.24. The number of H-pyrrole nitrogens is 1. The second-order valence-corrected chi connectivity index (χ2v) is 9.10. The number of nitrogens with zero attached hydrogens (tertiary/aromatic N) is 2. The third-order valence-electron chi connectivity index (χ3n) is 5.37. The fourth-order valence-corrected chi connectivity index (χ4v) is 4.69. The predicted octanol–water partition coefficient (Wildman–Crippen LogP) is 3.41. The van der Waals surface area contributed by atoms with Gasteiger partial charge in [-0.1, -0.05) is 18.2 Å². The molecule has 1 saturated carbocycles. The van der Waals surface area contributed by atoms with E-state index in [-0.39, 0.29) is 11.7 Å². The Morgan fingerprint density at radius 2 is 2.06 bits per heavy atom. The molecule has 166 valence electrons. The van der Waals surface area contributed by atoms with Gasteiger partial charge in [-0.15, -0.1) is 11.3 Å². The lowest BCUT2D eigenvalue weighted by molar-refractivity contribution is -0.0110. The van der Waals surface area contributed by atoms with Gasteiger partial charge in [0.2, 0.25) is 0 Å². The van der Waals surface area contributed by atoms with Gasteiger partial charge in [-0.3, -0.25) is 9.69 Å². The topological polar surface area (TPSA) is 87.7 Å². The number of thiophene rings is 1. The van der Waals surface area contributed by atoms with E-state index in [1.165, 1.54) is 11.3 Å². The Bertz CT molecular complexity index is 1090. The van der Waals surface area contributed by atoms with E-state index in [4.69, 9.17) is 14.5 Å². The SMILES string of the molecule is COc1ccccc1-c1csc2nc(CN(C[C@H](O)COC(C)C)C3CC3)[nH]c(=O)c12. The number of hydrogen-bond donors (Lipinski definition) is 2. The van der Waals surface area contributed by atoms with E-state index in [2.05, 4.69) is 9.88 Å². The van der Waals surface area contributed by atoms with E-state index >= 15 is 0 Å². The van der Waals surface area contributed by atoms with Crippen molar-refractivity contribution in [3.8, 4) is 16.9 Å². The standard InChI is InChI=1S/C23H29N3O4S/c1-14(2)30-12-16(27)10-26(15-8-9-15)11-20-24-22(28)21-18(13-31-23(21)25-20)17-6-4-5-7-19(17)29-3/h4-7,13-16,27H,8-12H2,1-3H3,(H,24,25,28)/t16-/m0/s1. The van der Waals surface area contributed by atoms with Gasteiger partial charge in [0.1, 0.15) is 16.4 Å². The summed E-state index contributed by atoms with van der Waals surface area (Å²) in [5.41, 5.74) is 1.56. The largest absolute Gasteiger partial charge is 0.496 e. The fourth-order valence-electron chi connectivity index (χ4n) is 3.74. The van der Waals surface area contributed by atoms with Gasteiger partial charge in [0.25, 0.3) is 5.56 Å². The van der Waals surface area contributed by atoms with E-state index in [0.29, 0.717) is 41.8 Å². The Morgan fingerprint density at radius 3 is 2.77 bits per heavy atom. The van der Waals surface area contributed by atoms with Gasteiger partial charge in [-0.25, -0.2) is 4.98 Å². The summed E-state index contributed by atoms with van der Waals surface area (Å²) < 4.78 is 11.0. The smallest absolute Gasteiger partial charge is 0.260 e. The third kappa shape index (κ3) is 5.15. The summed E-state index contributed by atoms with van der Waals surface area (Å²) in [5.74, 6) is 1.35. The minimum atomic E-state index is -0.572. The normalized spacial score (nSPS) is 15.2. The molecule has 0 saturated heterocycles. The predicted molar refractivity (Wildman–Crippen MR) is 123 cm³/mol. The number of hydrogen-bond acceptors (Lipinski definition) is 7. The Hall–Kier alpha value is -2.26. The number of aliphatic hydroxyl groups is 1. The molecule has 0 amide bonds. The van der Waals surface area contributed by atoms with Crippen LogP contribution in [0, 0.1) is 0 Å². The number of nitrogens with one attached hydrogen (secondary N) is 1. The molecule has 2 N–H and O–H groups in total. The summed E-state index contributed by atoms with van der Waals surface area (Å²) in [5, 5.41) is 12.9. The van der Waals surface area contributed by atoms with Crippen LogP contribution in [0.15, 0.2) is 34.4 Å². The molecule has 2 heterocycles. The van der Waals surface area contributed by atoms with Gasteiger partial charge in [0, 0.05) is 29.1 Å². The van der Waals surface area contributed by atoms with Gasteiger partial charge >= 0.3 is 0 Å². The Kier molecular flexibility index (Phi) is 6.71. The van der Waals surface area contributed by atoms with Crippen molar-refractivity contribution in [1.82, 2.24) is 14.9 Å². The molecule has 31 heavy (non-hydrogen) atoms. The maximum absolute atomic E-state index is 13.0. The van der Waals surface area contributed by atoms with Crippen molar-refractivity contribution in [2.45, 2.75) is 51.5 Å². The molecule has 1 aliphatic rings. The number of ether oxygens (including phenoxy) is 2. The number of para-hydroxylation sites is 1. The first-order valence-electron chi connectivity index (χ1n) is 10.6. The van der Waals surface area contributed by atoms with Crippen molar-refractivity contribution in [3.63, 3.8) is 0 Å². The van der Waals surface area contributed by atoms with Crippen molar-refractivity contribution >= 4 is 21.6 Å². The molecule has 0 radical (unpaired) electrons. The van der Waals surface area contributed by atoms with Crippen LogP contribution in [0.3, 0.4) is 0 Å². The molecule has 1 aromatic carbocycles. The average Bonchev–Trinajstić information content (AvgIpc) is 3.51. The third-order valence-corrected chi connectivity index (χ3v) is 6.25. The molecule has 3 aromatic rings. The Morgan fingerprint density at radius 1 is 1.29 bits per heavy atom. The van der Waals surface area contributed by atoms with Crippen LogP contribution in [0.25, 0.3) is 21.3 Å². The van der Waals surface area contributed by atoms with Gasteiger partial charge in [0.15, 0.2) is 0 Å². The fraction of sp³-hybridized carbons (Fsp3) is 0.478. The molecule has 7 nitrogen and oxygen atoms in total. The van der Waals surface area contributed by atoms with E-state index in [9.17, 15) is 9.90 Å². The number of fused-ring (bicyclic) bond motifs is 1. The minimum absolute atomic E-state index is 0.0840. The second-order valence-electron chi connectivity index (χ2n) is 8.24. The van der Waals surface area contributed by atoms with Crippen molar-refractivity contribution < 1.29 is 14.6 Å². The first-order valence-corrected chi connectivity index (χ1v) is 11.5. The molecule has 0 spiro atoms. The Balaban J connectivity index is 1.57. The molecule has 0 aliphatic heterocycles. The lowest BCUT2D eigenvalue weighted by atomic mass is 10.1. The molecular formula is C23H29N3O4S. The molecule has 2 aromatic heterocycles. The van der Waals surface area contributed by atoms with E-state index in [1.54, 1.807) is 7.11 Å². The summed E-state index contributed by atoms with van der Waals surface area (Å²) in [7, 11) is 1.63. The molecule has 0 bridgehead atoms. The van der Waals surface area contributed by atoms with Crippen molar-refractivity contribution in [2.24, 2.45) is 0 Å². The van der Waals surface area contributed by atoms with Crippen molar-refractivity contribution in [1.29, 1.82) is 0 Å². The van der Waals surface area contributed by atoms with Crippen LogP contribution in [0.1, 0.15) is 32.5 Å². The Labute approximate surface area is 185 Å². The number of aromatic amines is 1. The molecule has 0 unspecified atom stereocenters. The highest BCUT2D eigenvalue weighted by molar-refractivity contribution is 7.17. The van der Waals surface area contributed by atoms with Crippen LogP contribution in [0.4, 0.5) is 0 Å². The van der Waals surface area contributed by atoms with Crippen LogP contribution in [-0.4, -0.2) is 58.5 Å². The van der Waals surface area contributed by atoms with Crippen molar-refractivity contribution in [3.05, 3.63) is 45.8 Å². The van der Waals surface area contributed by atoms with Crippen LogP contribution in [-0.2, 0) is 11.3 Å². The highest BCUT2D eigenvalue weighted by atomic mass is 32.1. The minimum Gasteiger partial charge on any atom is -0.496 e.